The summed E-state index contributed by atoms with van der Waals surface area (Å²) in [5, 5.41) is 0. The first-order chi connectivity index (χ1) is 13.8. The highest BCUT2D eigenvalue weighted by Gasteiger charge is 2.44. The van der Waals surface area contributed by atoms with E-state index in [0.717, 1.165) is 5.56 Å². The Hall–Kier alpha value is -2.31. The van der Waals surface area contributed by atoms with E-state index in [-0.39, 0.29) is 12.0 Å². The Morgan fingerprint density at radius 3 is 2.30 bits per heavy atom. The molecule has 1 amide bonds. The van der Waals surface area contributed by atoms with Gasteiger partial charge in [-0.2, -0.15) is 0 Å². The number of piperidine rings is 1. The summed E-state index contributed by atoms with van der Waals surface area (Å²) in [6.45, 7) is 12.8. The van der Waals surface area contributed by atoms with Gasteiger partial charge in [-0.3, -0.25) is 4.39 Å². The van der Waals surface area contributed by atoms with Crippen LogP contribution in [0.5, 0.6) is 5.75 Å². The molecule has 0 spiro atoms. The van der Waals surface area contributed by atoms with Crippen molar-refractivity contribution < 1.29 is 28.2 Å². The van der Waals surface area contributed by atoms with Crippen molar-refractivity contribution in [3.05, 3.63) is 29.8 Å². The van der Waals surface area contributed by atoms with Crippen LogP contribution in [0.1, 0.15) is 60.5 Å². The Bertz CT molecular complexity index is 768. The molecule has 0 bridgehead atoms. The molecule has 2 atom stereocenters. The molecule has 0 saturated carbocycles. The molecule has 1 heterocycles. The van der Waals surface area contributed by atoms with E-state index in [1.165, 1.54) is 0 Å². The van der Waals surface area contributed by atoms with Crippen LogP contribution >= 0.6 is 0 Å². The molecule has 0 aromatic heterocycles. The van der Waals surface area contributed by atoms with Gasteiger partial charge in [-0.25, -0.2) is 9.59 Å². The predicted molar refractivity (Wildman–Crippen MR) is 113 cm³/mol. The Morgan fingerprint density at radius 2 is 1.77 bits per heavy atom. The number of halogens is 1. The molecule has 6 nitrogen and oxygen atoms in total. The van der Waals surface area contributed by atoms with Crippen LogP contribution < -0.4 is 4.74 Å². The average molecular weight is 424 g/mol. The summed E-state index contributed by atoms with van der Waals surface area (Å²) in [4.78, 5) is 26.0. The highest BCUT2D eigenvalue weighted by Crippen LogP contribution is 2.41. The molecule has 1 aliphatic rings. The lowest BCUT2D eigenvalue weighted by Gasteiger charge is -2.45. The van der Waals surface area contributed by atoms with Gasteiger partial charge in [-0.1, -0.05) is 19.1 Å². The second-order valence-electron chi connectivity index (χ2n) is 9.96. The van der Waals surface area contributed by atoms with Gasteiger partial charge in [0, 0.05) is 18.5 Å². The fourth-order valence-corrected chi connectivity index (χ4v) is 3.61. The van der Waals surface area contributed by atoms with Crippen LogP contribution in [0.25, 0.3) is 0 Å². The van der Waals surface area contributed by atoms with Gasteiger partial charge >= 0.3 is 12.2 Å². The van der Waals surface area contributed by atoms with Crippen molar-refractivity contribution in [3.63, 3.8) is 0 Å². The molecule has 0 aliphatic carbocycles. The lowest BCUT2D eigenvalue weighted by atomic mass is 9.67. The number of ether oxygens (including phenoxy) is 3. The second-order valence-corrected chi connectivity index (χ2v) is 9.96. The number of amides is 1. The maximum Gasteiger partial charge on any atom is 0.514 e. The Labute approximate surface area is 178 Å². The number of likely N-dealkylation sites (tertiary alicyclic amines) is 1. The van der Waals surface area contributed by atoms with E-state index in [1.807, 2.05) is 33.8 Å². The summed E-state index contributed by atoms with van der Waals surface area (Å²) >= 11 is 0. The van der Waals surface area contributed by atoms with Crippen molar-refractivity contribution in [2.24, 2.45) is 5.92 Å². The molecule has 1 aliphatic heterocycles. The third-order valence-corrected chi connectivity index (χ3v) is 5.16. The van der Waals surface area contributed by atoms with Crippen molar-refractivity contribution in [2.45, 2.75) is 71.5 Å². The van der Waals surface area contributed by atoms with Crippen LogP contribution in [0.4, 0.5) is 14.0 Å². The Balaban J connectivity index is 2.17. The van der Waals surface area contributed by atoms with E-state index in [4.69, 9.17) is 14.2 Å². The summed E-state index contributed by atoms with van der Waals surface area (Å²) in [5.74, 6) is 0.150. The SMILES string of the molecule is C[C@H]1CN(C(=O)OC(C)(C)C)CC[C@@]1(CF)c1cccc(OC(=O)OC(C)(C)C)c1. The summed E-state index contributed by atoms with van der Waals surface area (Å²) in [6, 6.07) is 6.89. The second kappa shape index (κ2) is 8.82. The number of hydrogen-bond acceptors (Lipinski definition) is 5. The zero-order valence-corrected chi connectivity index (χ0v) is 19.1. The summed E-state index contributed by atoms with van der Waals surface area (Å²) in [6.07, 6.45) is -0.745. The standard InChI is InChI=1S/C23H34FNO5/c1-16-14-25(19(26)29-21(2,3)4)12-11-23(16,15-24)17-9-8-10-18(13-17)28-20(27)30-22(5,6)7/h8-10,13,16H,11-12,14-15H2,1-7H3/t16-,23-/m0/s1. The van der Waals surface area contributed by atoms with Crippen molar-refractivity contribution >= 4 is 12.2 Å². The normalized spacial score (nSPS) is 22.4. The lowest BCUT2D eigenvalue weighted by Crippen LogP contribution is -2.52. The third kappa shape index (κ3) is 6.09. The van der Waals surface area contributed by atoms with Gasteiger partial charge in [0.1, 0.15) is 17.0 Å². The zero-order chi connectivity index (χ0) is 22.7. The van der Waals surface area contributed by atoms with E-state index in [0.29, 0.717) is 25.3 Å². The fourth-order valence-electron chi connectivity index (χ4n) is 3.61. The zero-order valence-electron chi connectivity index (χ0n) is 19.1. The van der Waals surface area contributed by atoms with Gasteiger partial charge in [0.25, 0.3) is 0 Å². The molecule has 0 radical (unpaired) electrons. The van der Waals surface area contributed by atoms with Crippen LogP contribution in [-0.4, -0.2) is 48.1 Å². The molecule has 1 fully saturated rings. The predicted octanol–water partition coefficient (Wildman–Crippen LogP) is 5.48. The molecule has 0 unspecified atom stereocenters. The third-order valence-electron chi connectivity index (χ3n) is 5.16. The van der Waals surface area contributed by atoms with E-state index >= 15 is 0 Å². The van der Waals surface area contributed by atoms with Gasteiger partial charge in [0.2, 0.25) is 0 Å². The fraction of sp³-hybridized carbons (Fsp3) is 0.652. The van der Waals surface area contributed by atoms with Crippen LogP contribution in [0.3, 0.4) is 0 Å². The van der Waals surface area contributed by atoms with E-state index < -0.39 is 29.4 Å². The van der Waals surface area contributed by atoms with Crippen LogP contribution in [0.15, 0.2) is 24.3 Å². The quantitative estimate of drug-likeness (QED) is 0.475. The maximum absolute atomic E-state index is 14.4. The van der Waals surface area contributed by atoms with Gasteiger partial charge in [0.05, 0.1) is 6.67 Å². The van der Waals surface area contributed by atoms with Gasteiger partial charge in [-0.15, -0.1) is 0 Å². The van der Waals surface area contributed by atoms with Crippen LogP contribution in [-0.2, 0) is 14.9 Å². The summed E-state index contributed by atoms with van der Waals surface area (Å²) < 4.78 is 30.4. The highest BCUT2D eigenvalue weighted by molar-refractivity contribution is 5.68. The largest absolute Gasteiger partial charge is 0.514 e. The molecule has 2 rings (SSSR count). The first-order valence-electron chi connectivity index (χ1n) is 10.3. The Kier molecular flexibility index (Phi) is 7.05. The van der Waals surface area contributed by atoms with E-state index in [1.54, 1.807) is 43.9 Å². The number of carbonyl (C=O) groups excluding carboxylic acids is 2. The maximum atomic E-state index is 14.4. The molecule has 1 aromatic carbocycles. The molecule has 168 valence electrons. The first-order valence-corrected chi connectivity index (χ1v) is 10.3. The topological polar surface area (TPSA) is 65.1 Å². The van der Waals surface area contributed by atoms with E-state index in [2.05, 4.69) is 0 Å². The molecule has 0 N–H and O–H groups in total. The molecule has 7 heteroatoms. The number of nitrogens with zero attached hydrogens (tertiary/aromatic N) is 1. The highest BCUT2D eigenvalue weighted by atomic mass is 19.1. The average Bonchev–Trinajstić information content (AvgIpc) is 2.59. The number of hydrogen-bond donors (Lipinski definition) is 0. The first kappa shape index (κ1) is 24.0. The van der Waals surface area contributed by atoms with Crippen LogP contribution in [0, 0.1) is 5.92 Å². The van der Waals surface area contributed by atoms with Crippen molar-refractivity contribution in [1.82, 2.24) is 4.90 Å². The van der Waals surface area contributed by atoms with Gasteiger partial charge in [0.15, 0.2) is 0 Å². The number of benzene rings is 1. The minimum absolute atomic E-state index is 0.152. The number of alkyl halides is 1. The van der Waals surface area contributed by atoms with E-state index in [9.17, 15) is 14.0 Å². The lowest BCUT2D eigenvalue weighted by molar-refractivity contribution is 0.00444. The molecular weight excluding hydrogens is 389 g/mol. The molecule has 30 heavy (non-hydrogen) atoms. The summed E-state index contributed by atoms with van der Waals surface area (Å²) in [7, 11) is 0. The van der Waals surface area contributed by atoms with Crippen molar-refractivity contribution in [1.29, 1.82) is 0 Å². The number of carbonyl (C=O) groups is 2. The molecular formula is C23H34FNO5. The van der Waals surface area contributed by atoms with Crippen molar-refractivity contribution in [2.75, 3.05) is 19.8 Å². The molecule has 1 aromatic rings. The van der Waals surface area contributed by atoms with Crippen LogP contribution in [0.2, 0.25) is 0 Å². The smallest absolute Gasteiger partial charge is 0.444 e. The monoisotopic (exact) mass is 423 g/mol. The minimum Gasteiger partial charge on any atom is -0.444 e. The summed E-state index contributed by atoms with van der Waals surface area (Å²) in [5.41, 5.74) is -1.28. The Morgan fingerprint density at radius 1 is 1.13 bits per heavy atom. The number of rotatable bonds is 3. The van der Waals surface area contributed by atoms with Crippen molar-refractivity contribution in [3.8, 4) is 5.75 Å². The van der Waals surface area contributed by atoms with Gasteiger partial charge in [-0.05, 0) is 71.6 Å². The minimum atomic E-state index is -0.804. The molecule has 1 saturated heterocycles. The van der Waals surface area contributed by atoms with Gasteiger partial charge < -0.3 is 19.1 Å².